The largest absolute Gasteiger partial charge is 0.446 e. The Labute approximate surface area is 198 Å². The molecule has 0 aromatic carbocycles. The van der Waals surface area contributed by atoms with Crippen LogP contribution in [0.2, 0.25) is 0 Å². The molecule has 0 heterocycles. The molecule has 1 atom stereocenters. The number of nitrogens with two attached hydrogens (primary N) is 1. The van der Waals surface area contributed by atoms with Gasteiger partial charge in [0.25, 0.3) is 0 Å². The number of hydrogen-bond donors (Lipinski definition) is 2. The molecule has 0 bridgehead atoms. The molecule has 0 aromatic heterocycles. The summed E-state index contributed by atoms with van der Waals surface area (Å²) < 4.78 is 37.7. The molecule has 10 heteroatoms. The number of alkyl carbamates (subject to hydrolysis) is 1. The molecule has 0 saturated heterocycles. The van der Waals surface area contributed by atoms with Crippen molar-refractivity contribution in [2.24, 2.45) is 5.73 Å². The average molecular weight is 477 g/mol. The Balaban J connectivity index is 1.73. The van der Waals surface area contributed by atoms with Crippen LogP contribution in [0.25, 0.3) is 0 Å². The first kappa shape index (κ1) is 29.8. The van der Waals surface area contributed by atoms with E-state index < -0.39 is 0 Å². The second kappa shape index (κ2) is 23.9. The zero-order chi connectivity index (χ0) is 23.7. The molecule has 0 spiro atoms. The van der Waals surface area contributed by atoms with Gasteiger partial charge >= 0.3 is 6.09 Å². The van der Waals surface area contributed by atoms with E-state index in [-0.39, 0.29) is 12.2 Å². The number of allylic oxidation sites excluding steroid dienone is 2. The van der Waals surface area contributed by atoms with Crippen molar-refractivity contribution in [1.82, 2.24) is 5.32 Å². The van der Waals surface area contributed by atoms with Crippen molar-refractivity contribution in [3.05, 3.63) is 12.2 Å². The Morgan fingerprint density at radius 2 is 1.18 bits per heavy atom. The summed E-state index contributed by atoms with van der Waals surface area (Å²) in [6.07, 6.45) is 8.87. The van der Waals surface area contributed by atoms with E-state index in [4.69, 9.17) is 38.9 Å². The van der Waals surface area contributed by atoms with Gasteiger partial charge in [-0.3, -0.25) is 0 Å². The van der Waals surface area contributed by atoms with Gasteiger partial charge in [-0.05, 0) is 32.1 Å². The standard InChI is InChI=1S/C23H44N2O8/c24-8-10-27-12-14-29-16-18-31-20-21-32-19-17-30-15-13-28-11-9-25-23(26)33-22-6-4-2-1-3-5-7-22/h1-2,22H,3-21,24H2,(H,25,26)/b2-1-. The second-order valence-electron chi connectivity index (χ2n) is 7.40. The maximum absolute atomic E-state index is 11.8. The first-order chi connectivity index (χ1) is 16.3. The first-order valence-electron chi connectivity index (χ1n) is 12.1. The molecular formula is C23H44N2O8. The number of rotatable bonds is 21. The summed E-state index contributed by atoms with van der Waals surface area (Å²) in [6.45, 7) is 7.05. The molecule has 1 aliphatic carbocycles. The molecule has 1 unspecified atom stereocenters. The normalized spacial score (nSPS) is 17.3. The van der Waals surface area contributed by atoms with Gasteiger partial charge in [-0.15, -0.1) is 0 Å². The highest BCUT2D eigenvalue weighted by molar-refractivity contribution is 5.67. The Kier molecular flexibility index (Phi) is 21.5. The van der Waals surface area contributed by atoms with Gasteiger partial charge in [0, 0.05) is 13.1 Å². The molecule has 10 nitrogen and oxygen atoms in total. The molecule has 0 radical (unpaired) electrons. The van der Waals surface area contributed by atoms with Crippen molar-refractivity contribution in [3.63, 3.8) is 0 Å². The maximum atomic E-state index is 11.8. The van der Waals surface area contributed by atoms with E-state index in [0.717, 1.165) is 32.1 Å². The lowest BCUT2D eigenvalue weighted by molar-refractivity contribution is -0.0162. The summed E-state index contributed by atoms with van der Waals surface area (Å²) in [4.78, 5) is 11.8. The SMILES string of the molecule is NCCOCCOCCOCCOCCOCCOCCNC(=O)OC1CC/C=C\CCC1. The molecule has 1 rings (SSSR count). The monoisotopic (exact) mass is 476 g/mol. The Bertz CT molecular complexity index is 468. The van der Waals surface area contributed by atoms with Crippen molar-refractivity contribution in [3.8, 4) is 0 Å². The van der Waals surface area contributed by atoms with E-state index in [0.29, 0.717) is 92.4 Å². The van der Waals surface area contributed by atoms with Gasteiger partial charge in [0.1, 0.15) is 6.10 Å². The lowest BCUT2D eigenvalue weighted by Gasteiger charge is -2.18. The highest BCUT2D eigenvalue weighted by Gasteiger charge is 2.14. The van der Waals surface area contributed by atoms with E-state index in [2.05, 4.69) is 17.5 Å². The summed E-state index contributed by atoms with van der Waals surface area (Å²) in [5.74, 6) is 0. The molecule has 194 valence electrons. The number of carbonyl (C=O) groups excluding carboxylic acids is 1. The van der Waals surface area contributed by atoms with E-state index in [9.17, 15) is 4.79 Å². The third-order valence-electron chi connectivity index (χ3n) is 4.63. The van der Waals surface area contributed by atoms with Gasteiger partial charge in [0.05, 0.1) is 79.3 Å². The van der Waals surface area contributed by atoms with Crippen LogP contribution in [0.3, 0.4) is 0 Å². The highest BCUT2D eigenvalue weighted by Crippen LogP contribution is 2.15. The Morgan fingerprint density at radius 1 is 0.697 bits per heavy atom. The van der Waals surface area contributed by atoms with Gasteiger partial charge < -0.3 is 44.2 Å². The molecule has 3 N–H and O–H groups in total. The van der Waals surface area contributed by atoms with Crippen LogP contribution in [0.5, 0.6) is 0 Å². The van der Waals surface area contributed by atoms with Crippen LogP contribution < -0.4 is 11.1 Å². The van der Waals surface area contributed by atoms with Crippen molar-refractivity contribution >= 4 is 6.09 Å². The van der Waals surface area contributed by atoms with Crippen molar-refractivity contribution in [1.29, 1.82) is 0 Å². The van der Waals surface area contributed by atoms with E-state index in [1.54, 1.807) is 0 Å². The quantitative estimate of drug-likeness (QED) is 0.188. The fourth-order valence-electron chi connectivity index (χ4n) is 2.95. The van der Waals surface area contributed by atoms with E-state index in [1.807, 2.05) is 0 Å². The third kappa shape index (κ3) is 21.0. The minimum atomic E-state index is -0.369. The fourth-order valence-corrected chi connectivity index (χ4v) is 2.95. The predicted molar refractivity (Wildman–Crippen MR) is 124 cm³/mol. The van der Waals surface area contributed by atoms with Crippen LogP contribution in [-0.2, 0) is 33.2 Å². The molecule has 0 aromatic rings. The fraction of sp³-hybridized carbons (Fsp3) is 0.870. The maximum Gasteiger partial charge on any atom is 0.407 e. The number of ether oxygens (including phenoxy) is 7. The van der Waals surface area contributed by atoms with Gasteiger partial charge in [-0.25, -0.2) is 4.79 Å². The summed E-state index contributed by atoms with van der Waals surface area (Å²) in [5.41, 5.74) is 5.31. The van der Waals surface area contributed by atoms with Crippen LogP contribution in [0, 0.1) is 0 Å². The van der Waals surface area contributed by atoms with Gasteiger partial charge in [-0.2, -0.15) is 0 Å². The molecule has 1 amide bonds. The second-order valence-corrected chi connectivity index (χ2v) is 7.40. The van der Waals surface area contributed by atoms with Crippen LogP contribution in [0.1, 0.15) is 32.1 Å². The summed E-state index contributed by atoms with van der Waals surface area (Å²) in [5, 5.41) is 2.73. The zero-order valence-electron chi connectivity index (χ0n) is 20.0. The minimum Gasteiger partial charge on any atom is -0.446 e. The van der Waals surface area contributed by atoms with Crippen molar-refractivity contribution < 1.29 is 38.0 Å². The van der Waals surface area contributed by atoms with Crippen LogP contribution in [0.4, 0.5) is 4.79 Å². The molecule has 0 aliphatic heterocycles. The van der Waals surface area contributed by atoms with Gasteiger partial charge in [0.15, 0.2) is 0 Å². The van der Waals surface area contributed by atoms with Gasteiger partial charge in [-0.1, -0.05) is 12.2 Å². The Morgan fingerprint density at radius 3 is 1.73 bits per heavy atom. The number of nitrogens with one attached hydrogen (secondary N) is 1. The zero-order valence-corrected chi connectivity index (χ0v) is 20.0. The highest BCUT2D eigenvalue weighted by atomic mass is 16.6. The lowest BCUT2D eigenvalue weighted by Crippen LogP contribution is -2.31. The van der Waals surface area contributed by atoms with Crippen LogP contribution in [-0.4, -0.2) is 105 Å². The average Bonchev–Trinajstić information content (AvgIpc) is 2.79. The van der Waals surface area contributed by atoms with E-state index >= 15 is 0 Å². The summed E-state index contributed by atoms with van der Waals surface area (Å²) in [6, 6.07) is 0. The van der Waals surface area contributed by atoms with Gasteiger partial charge in [0.2, 0.25) is 0 Å². The number of amides is 1. The molecule has 33 heavy (non-hydrogen) atoms. The number of hydrogen-bond acceptors (Lipinski definition) is 9. The topological polar surface area (TPSA) is 120 Å². The van der Waals surface area contributed by atoms with E-state index in [1.165, 1.54) is 0 Å². The molecular weight excluding hydrogens is 432 g/mol. The molecule has 1 aliphatic rings. The predicted octanol–water partition coefficient (Wildman–Crippen LogP) is 1.66. The summed E-state index contributed by atoms with van der Waals surface area (Å²) >= 11 is 0. The van der Waals surface area contributed by atoms with Crippen LogP contribution in [0.15, 0.2) is 12.2 Å². The first-order valence-corrected chi connectivity index (χ1v) is 12.1. The van der Waals surface area contributed by atoms with Crippen molar-refractivity contribution in [2.75, 3.05) is 92.4 Å². The lowest BCUT2D eigenvalue weighted by atomic mass is 10.0. The number of carbonyl (C=O) groups is 1. The molecule has 0 fully saturated rings. The van der Waals surface area contributed by atoms with Crippen LogP contribution >= 0.6 is 0 Å². The Hall–Kier alpha value is -1.27. The van der Waals surface area contributed by atoms with Crippen molar-refractivity contribution in [2.45, 2.75) is 38.2 Å². The summed E-state index contributed by atoms with van der Waals surface area (Å²) in [7, 11) is 0. The third-order valence-corrected chi connectivity index (χ3v) is 4.63. The molecule has 0 saturated carbocycles. The minimum absolute atomic E-state index is 0.00394. The smallest absolute Gasteiger partial charge is 0.407 e.